The minimum atomic E-state index is -3.72. The maximum atomic E-state index is 11.7. The fourth-order valence-electron chi connectivity index (χ4n) is 1.54. The molecule has 0 unspecified atom stereocenters. The molecule has 1 rings (SSSR count). The molecule has 8 nitrogen and oxygen atoms in total. The van der Waals surface area contributed by atoms with E-state index in [1.165, 1.54) is 0 Å². The van der Waals surface area contributed by atoms with E-state index in [2.05, 4.69) is 5.32 Å². The molecule has 1 amide bonds. The van der Waals surface area contributed by atoms with Gasteiger partial charge in [0.25, 0.3) is 11.6 Å². The molecule has 0 atom stereocenters. The summed E-state index contributed by atoms with van der Waals surface area (Å²) in [6.45, 7) is 0.222. The maximum absolute atomic E-state index is 11.7. The molecule has 0 aliphatic carbocycles. The molecule has 0 heterocycles. The van der Waals surface area contributed by atoms with Crippen LogP contribution in [-0.2, 0) is 9.84 Å². The summed E-state index contributed by atoms with van der Waals surface area (Å²) in [6.07, 6.45) is 0.905. The highest BCUT2D eigenvalue weighted by Crippen LogP contribution is 2.30. The number of hydrogen-bond acceptors (Lipinski definition) is 6. The number of nitrogens with zero attached hydrogens (tertiary/aromatic N) is 1. The molecular weight excluding hydrogens is 310 g/mol. The number of carbonyl (C=O) groups is 1. The fraction of sp³-hybridized carbons (Fsp3) is 0.300. The minimum absolute atomic E-state index is 0.0487. The van der Waals surface area contributed by atoms with E-state index in [1.807, 2.05) is 0 Å². The third-order valence-electron chi connectivity index (χ3n) is 2.37. The van der Waals surface area contributed by atoms with E-state index in [4.69, 9.17) is 17.3 Å². The van der Waals surface area contributed by atoms with Gasteiger partial charge in [0.15, 0.2) is 9.84 Å². The van der Waals surface area contributed by atoms with Gasteiger partial charge in [-0.25, -0.2) is 8.42 Å². The normalized spacial score (nSPS) is 11.1. The summed E-state index contributed by atoms with van der Waals surface area (Å²) >= 11 is 5.49. The predicted molar refractivity (Wildman–Crippen MR) is 73.9 cm³/mol. The second kappa shape index (κ2) is 6.06. The third kappa shape index (κ3) is 3.58. The van der Waals surface area contributed by atoms with Crippen LogP contribution in [0.5, 0.6) is 0 Å². The molecule has 0 aliphatic rings. The number of halogens is 1. The van der Waals surface area contributed by atoms with Crippen molar-refractivity contribution in [2.24, 2.45) is 5.73 Å². The Labute approximate surface area is 120 Å². The van der Waals surface area contributed by atoms with Crippen LogP contribution in [0.25, 0.3) is 0 Å². The van der Waals surface area contributed by atoms with E-state index in [1.54, 1.807) is 0 Å². The van der Waals surface area contributed by atoms with Gasteiger partial charge in [0, 0.05) is 24.7 Å². The number of nitrogens with two attached hydrogens (primary N) is 1. The first-order valence-electron chi connectivity index (χ1n) is 5.30. The van der Waals surface area contributed by atoms with Gasteiger partial charge in [-0.3, -0.25) is 14.9 Å². The quantitative estimate of drug-likeness (QED) is 0.451. The van der Waals surface area contributed by atoms with Crippen molar-refractivity contribution in [1.29, 1.82) is 0 Å². The number of primary amides is 1. The lowest BCUT2D eigenvalue weighted by atomic mass is 10.1. The zero-order chi connectivity index (χ0) is 15.5. The monoisotopic (exact) mass is 321 g/mol. The van der Waals surface area contributed by atoms with Crippen molar-refractivity contribution in [3.05, 3.63) is 27.8 Å². The average Bonchev–Trinajstić information content (AvgIpc) is 2.33. The second-order valence-electron chi connectivity index (χ2n) is 3.87. The lowest BCUT2D eigenvalue weighted by Crippen LogP contribution is -2.16. The van der Waals surface area contributed by atoms with Crippen molar-refractivity contribution in [3.8, 4) is 0 Å². The number of carbonyl (C=O) groups excluding carboxylic acids is 1. The molecule has 0 radical (unpaired) electrons. The molecule has 20 heavy (non-hydrogen) atoms. The van der Waals surface area contributed by atoms with Crippen LogP contribution in [0.1, 0.15) is 10.4 Å². The molecule has 3 N–H and O–H groups in total. The molecule has 0 aromatic heterocycles. The van der Waals surface area contributed by atoms with Crippen LogP contribution in [0.15, 0.2) is 17.0 Å². The molecule has 110 valence electrons. The summed E-state index contributed by atoms with van der Waals surface area (Å²) < 4.78 is 23.3. The summed E-state index contributed by atoms with van der Waals surface area (Å²) in [5, 5.41) is 13.6. The van der Waals surface area contributed by atoms with Gasteiger partial charge >= 0.3 is 0 Å². The number of alkyl halides is 1. The van der Waals surface area contributed by atoms with Crippen LogP contribution in [0.4, 0.5) is 11.4 Å². The lowest BCUT2D eigenvalue weighted by Gasteiger charge is -2.11. The Hall–Kier alpha value is -1.87. The van der Waals surface area contributed by atoms with Crippen molar-refractivity contribution < 1.29 is 18.1 Å². The fourth-order valence-corrected chi connectivity index (χ4v) is 2.50. The highest BCUT2D eigenvalue weighted by Gasteiger charge is 2.25. The Morgan fingerprint density at radius 2 is 2.10 bits per heavy atom. The van der Waals surface area contributed by atoms with Crippen molar-refractivity contribution in [2.75, 3.05) is 24.0 Å². The number of anilines is 1. The molecule has 0 aliphatic heterocycles. The van der Waals surface area contributed by atoms with Gasteiger partial charge in [0.2, 0.25) is 0 Å². The SMILES string of the molecule is CS(=O)(=O)c1cc([N+](=O)[O-])c(C(N)=O)cc1NCCCl. The van der Waals surface area contributed by atoms with Crippen molar-refractivity contribution in [1.82, 2.24) is 0 Å². The maximum Gasteiger partial charge on any atom is 0.283 e. The number of amides is 1. The van der Waals surface area contributed by atoms with Gasteiger partial charge in [0.05, 0.1) is 15.5 Å². The number of rotatable bonds is 6. The van der Waals surface area contributed by atoms with E-state index < -0.39 is 26.4 Å². The number of sulfone groups is 1. The van der Waals surface area contributed by atoms with Gasteiger partial charge in [-0.1, -0.05) is 0 Å². The Kier molecular flexibility index (Phi) is 4.90. The van der Waals surface area contributed by atoms with Gasteiger partial charge in [-0.15, -0.1) is 11.6 Å². The van der Waals surface area contributed by atoms with Crippen molar-refractivity contribution in [2.45, 2.75) is 4.90 Å². The summed E-state index contributed by atoms with van der Waals surface area (Å²) in [7, 11) is -3.72. The van der Waals surface area contributed by atoms with Crippen LogP contribution in [-0.4, -0.2) is 37.9 Å². The number of hydrogen-bond donors (Lipinski definition) is 2. The molecule has 0 saturated carbocycles. The average molecular weight is 322 g/mol. The highest BCUT2D eigenvalue weighted by atomic mass is 35.5. The van der Waals surface area contributed by atoms with Gasteiger partial charge in [-0.05, 0) is 6.07 Å². The van der Waals surface area contributed by atoms with Crippen LogP contribution in [0, 0.1) is 10.1 Å². The largest absolute Gasteiger partial charge is 0.383 e. The van der Waals surface area contributed by atoms with Crippen molar-refractivity contribution in [3.63, 3.8) is 0 Å². The number of nitro groups is 1. The van der Waals surface area contributed by atoms with Crippen LogP contribution in [0.3, 0.4) is 0 Å². The van der Waals surface area contributed by atoms with Gasteiger partial charge < -0.3 is 11.1 Å². The summed E-state index contributed by atoms with van der Waals surface area (Å²) in [4.78, 5) is 21.0. The molecule has 0 fully saturated rings. The standard InChI is InChI=1S/C10H12ClN3O5S/c1-20(18,19)9-5-8(14(16)17)6(10(12)15)4-7(9)13-3-2-11/h4-5,13H,2-3H2,1H3,(H2,12,15). The van der Waals surface area contributed by atoms with E-state index in [0.717, 1.165) is 18.4 Å². The smallest absolute Gasteiger partial charge is 0.283 e. The Morgan fingerprint density at radius 1 is 1.50 bits per heavy atom. The Morgan fingerprint density at radius 3 is 2.50 bits per heavy atom. The number of nitro benzene ring substituents is 1. The topological polar surface area (TPSA) is 132 Å². The molecule has 1 aromatic rings. The van der Waals surface area contributed by atoms with Crippen LogP contribution in [0.2, 0.25) is 0 Å². The molecule has 0 spiro atoms. The zero-order valence-electron chi connectivity index (χ0n) is 10.4. The molecular formula is C10H12ClN3O5S. The van der Waals surface area contributed by atoms with Crippen LogP contribution >= 0.6 is 11.6 Å². The predicted octanol–water partition coefficient (Wildman–Crippen LogP) is 0.748. The molecule has 0 saturated heterocycles. The van der Waals surface area contributed by atoms with E-state index in [9.17, 15) is 23.3 Å². The molecule has 1 aromatic carbocycles. The first-order valence-corrected chi connectivity index (χ1v) is 7.73. The van der Waals surface area contributed by atoms with Crippen molar-refractivity contribution >= 4 is 38.7 Å². The minimum Gasteiger partial charge on any atom is -0.383 e. The first-order chi connectivity index (χ1) is 9.18. The Bertz CT molecular complexity index is 659. The second-order valence-corrected chi connectivity index (χ2v) is 6.24. The third-order valence-corrected chi connectivity index (χ3v) is 3.70. The first kappa shape index (κ1) is 16.2. The number of benzene rings is 1. The summed E-state index contributed by atoms with van der Waals surface area (Å²) in [5.41, 5.74) is 4.08. The van der Waals surface area contributed by atoms with E-state index >= 15 is 0 Å². The summed E-state index contributed by atoms with van der Waals surface area (Å²) in [5.74, 6) is -0.836. The zero-order valence-corrected chi connectivity index (χ0v) is 12.0. The number of nitrogens with one attached hydrogen (secondary N) is 1. The molecule has 10 heteroatoms. The van der Waals surface area contributed by atoms with Crippen LogP contribution < -0.4 is 11.1 Å². The van der Waals surface area contributed by atoms with Gasteiger partial charge in [-0.2, -0.15) is 0 Å². The molecule has 0 bridgehead atoms. The lowest BCUT2D eigenvalue weighted by molar-refractivity contribution is -0.385. The Balaban J connectivity index is 3.60. The highest BCUT2D eigenvalue weighted by molar-refractivity contribution is 7.90. The summed E-state index contributed by atoms with van der Waals surface area (Å²) in [6, 6.07) is 1.86. The van der Waals surface area contributed by atoms with E-state index in [-0.39, 0.29) is 28.6 Å². The van der Waals surface area contributed by atoms with Gasteiger partial charge in [0.1, 0.15) is 5.56 Å². The van der Waals surface area contributed by atoms with E-state index in [0.29, 0.717) is 0 Å².